The summed E-state index contributed by atoms with van der Waals surface area (Å²) >= 11 is 0. The van der Waals surface area contributed by atoms with Crippen molar-refractivity contribution in [1.82, 2.24) is 4.57 Å². The molecular weight excluding hydrogens is 260 g/mol. The van der Waals surface area contributed by atoms with Gasteiger partial charge in [0.05, 0.1) is 6.04 Å². The fourth-order valence-electron chi connectivity index (χ4n) is 2.99. The molecule has 1 aliphatic heterocycles. The van der Waals surface area contributed by atoms with Gasteiger partial charge in [0.15, 0.2) is 0 Å². The molecule has 1 aromatic heterocycles. The number of ether oxygens (including phenoxy) is 1. The summed E-state index contributed by atoms with van der Waals surface area (Å²) in [6.45, 7) is 10.1. The van der Waals surface area contributed by atoms with E-state index in [1.54, 1.807) is 0 Å². The Kier molecular flexibility index (Phi) is 3.58. The number of aliphatic imine (C=N–C) groups is 1. The summed E-state index contributed by atoms with van der Waals surface area (Å²) in [6.07, 6.45) is 2.10. The van der Waals surface area contributed by atoms with Gasteiger partial charge in [-0.15, -0.1) is 0 Å². The van der Waals surface area contributed by atoms with Crippen molar-refractivity contribution < 1.29 is 4.74 Å². The average molecular weight is 282 g/mol. The van der Waals surface area contributed by atoms with Gasteiger partial charge in [-0.1, -0.05) is 17.7 Å². The summed E-state index contributed by atoms with van der Waals surface area (Å²) in [5.41, 5.74) is 6.45. The number of hydrogen-bond donors (Lipinski definition) is 0. The second kappa shape index (κ2) is 5.40. The van der Waals surface area contributed by atoms with Gasteiger partial charge in [-0.2, -0.15) is 0 Å². The maximum Gasteiger partial charge on any atom is 0.233 e. The maximum atomic E-state index is 5.70. The van der Waals surface area contributed by atoms with E-state index in [-0.39, 0.29) is 6.04 Å². The van der Waals surface area contributed by atoms with Crippen LogP contribution in [0.5, 0.6) is 0 Å². The van der Waals surface area contributed by atoms with Crippen molar-refractivity contribution in [3.8, 4) is 0 Å². The van der Waals surface area contributed by atoms with Gasteiger partial charge >= 0.3 is 0 Å². The first-order valence-corrected chi connectivity index (χ1v) is 7.47. The predicted octanol–water partition coefficient (Wildman–Crippen LogP) is 3.63. The van der Waals surface area contributed by atoms with Crippen LogP contribution in [0.25, 0.3) is 0 Å². The molecule has 3 heteroatoms. The molecular formula is C18H22N2O. The molecule has 0 aliphatic carbocycles. The molecule has 110 valence electrons. The lowest BCUT2D eigenvalue weighted by molar-refractivity contribution is 0.322. The number of rotatable bonds is 3. The summed E-state index contributed by atoms with van der Waals surface area (Å²) in [7, 11) is 0. The predicted molar refractivity (Wildman–Crippen MR) is 86.1 cm³/mol. The zero-order chi connectivity index (χ0) is 15.0. The minimum atomic E-state index is 0.256. The molecule has 0 saturated carbocycles. The largest absolute Gasteiger partial charge is 0.474 e. The molecule has 1 aliphatic rings. The second-order valence-corrected chi connectivity index (χ2v) is 5.99. The summed E-state index contributed by atoms with van der Waals surface area (Å²) in [4.78, 5) is 4.57. The van der Waals surface area contributed by atoms with Gasteiger partial charge in [0.2, 0.25) is 5.90 Å². The SMILES string of the molecule is Cc1cc(C)c(Cn2cccc2C2=NC(C)CO2)c(C)c1. The van der Waals surface area contributed by atoms with Crippen LogP contribution in [0, 0.1) is 20.8 Å². The van der Waals surface area contributed by atoms with E-state index in [4.69, 9.17) is 4.74 Å². The first-order chi connectivity index (χ1) is 10.0. The highest BCUT2D eigenvalue weighted by Gasteiger charge is 2.19. The summed E-state index contributed by atoms with van der Waals surface area (Å²) < 4.78 is 7.92. The van der Waals surface area contributed by atoms with Crippen molar-refractivity contribution in [2.75, 3.05) is 6.61 Å². The van der Waals surface area contributed by atoms with Crippen LogP contribution in [-0.2, 0) is 11.3 Å². The van der Waals surface area contributed by atoms with E-state index in [0.29, 0.717) is 6.61 Å². The summed E-state index contributed by atoms with van der Waals surface area (Å²) in [6, 6.07) is 8.89. The molecule has 0 saturated heterocycles. The van der Waals surface area contributed by atoms with Crippen LogP contribution in [0.2, 0.25) is 0 Å². The fraction of sp³-hybridized carbons (Fsp3) is 0.389. The van der Waals surface area contributed by atoms with Crippen LogP contribution in [0.4, 0.5) is 0 Å². The molecule has 3 rings (SSSR count). The van der Waals surface area contributed by atoms with E-state index < -0.39 is 0 Å². The van der Waals surface area contributed by atoms with Crippen molar-refractivity contribution in [3.63, 3.8) is 0 Å². The summed E-state index contributed by atoms with van der Waals surface area (Å²) in [5.74, 6) is 0.773. The molecule has 0 bridgehead atoms. The molecule has 0 fully saturated rings. The highest BCUT2D eigenvalue weighted by molar-refractivity contribution is 5.93. The molecule has 21 heavy (non-hydrogen) atoms. The van der Waals surface area contributed by atoms with Crippen molar-refractivity contribution in [2.24, 2.45) is 4.99 Å². The third kappa shape index (κ3) is 2.73. The number of hydrogen-bond acceptors (Lipinski definition) is 2. The Bertz CT molecular complexity index is 674. The Labute approximate surface area is 126 Å². The van der Waals surface area contributed by atoms with E-state index in [1.165, 1.54) is 22.3 Å². The van der Waals surface area contributed by atoms with Crippen molar-refractivity contribution in [2.45, 2.75) is 40.3 Å². The van der Waals surface area contributed by atoms with Crippen molar-refractivity contribution in [1.29, 1.82) is 0 Å². The normalized spacial score (nSPS) is 17.7. The third-order valence-corrected chi connectivity index (χ3v) is 4.02. The Hall–Kier alpha value is -2.03. The minimum absolute atomic E-state index is 0.256. The summed E-state index contributed by atoms with van der Waals surface area (Å²) in [5, 5.41) is 0. The van der Waals surface area contributed by atoms with Crippen molar-refractivity contribution >= 4 is 5.90 Å². The van der Waals surface area contributed by atoms with Crippen molar-refractivity contribution in [3.05, 3.63) is 58.4 Å². The first-order valence-electron chi connectivity index (χ1n) is 7.47. The molecule has 0 spiro atoms. The van der Waals surface area contributed by atoms with Gasteiger partial charge in [0.1, 0.15) is 12.3 Å². The van der Waals surface area contributed by atoms with E-state index in [1.807, 2.05) is 0 Å². The number of aryl methyl sites for hydroxylation is 3. The van der Waals surface area contributed by atoms with Gasteiger partial charge in [0, 0.05) is 12.7 Å². The van der Waals surface area contributed by atoms with Crippen LogP contribution in [0.1, 0.15) is 34.9 Å². The highest BCUT2D eigenvalue weighted by atomic mass is 16.5. The molecule has 3 nitrogen and oxygen atoms in total. The monoisotopic (exact) mass is 282 g/mol. The van der Waals surface area contributed by atoms with Crippen LogP contribution in [0.15, 0.2) is 35.5 Å². The van der Waals surface area contributed by atoms with Gasteiger partial charge in [-0.25, -0.2) is 4.99 Å². The Balaban J connectivity index is 1.94. The highest BCUT2D eigenvalue weighted by Crippen LogP contribution is 2.20. The average Bonchev–Trinajstić information content (AvgIpc) is 3.02. The number of nitrogens with zero attached hydrogens (tertiary/aromatic N) is 2. The molecule has 0 N–H and O–H groups in total. The van der Waals surface area contributed by atoms with Crippen LogP contribution in [0.3, 0.4) is 0 Å². The Morgan fingerprint density at radius 1 is 1.24 bits per heavy atom. The van der Waals surface area contributed by atoms with Crippen LogP contribution < -0.4 is 0 Å². The number of aromatic nitrogens is 1. The van der Waals surface area contributed by atoms with Gasteiger partial charge in [0.25, 0.3) is 0 Å². The lowest BCUT2D eigenvalue weighted by Gasteiger charge is -2.14. The third-order valence-electron chi connectivity index (χ3n) is 4.02. The van der Waals surface area contributed by atoms with Gasteiger partial charge < -0.3 is 9.30 Å². The van der Waals surface area contributed by atoms with E-state index in [9.17, 15) is 0 Å². The van der Waals surface area contributed by atoms with Gasteiger partial charge in [-0.3, -0.25) is 0 Å². The quantitative estimate of drug-likeness (QED) is 0.844. The van der Waals surface area contributed by atoms with Crippen LogP contribution in [-0.4, -0.2) is 23.1 Å². The Morgan fingerprint density at radius 3 is 2.57 bits per heavy atom. The molecule has 1 unspecified atom stereocenters. The zero-order valence-electron chi connectivity index (χ0n) is 13.2. The van der Waals surface area contributed by atoms with Crippen LogP contribution >= 0.6 is 0 Å². The Morgan fingerprint density at radius 2 is 1.95 bits per heavy atom. The molecule has 1 aromatic carbocycles. The lowest BCUT2D eigenvalue weighted by Crippen LogP contribution is -2.12. The van der Waals surface area contributed by atoms with E-state index in [0.717, 1.165) is 18.1 Å². The van der Waals surface area contributed by atoms with Gasteiger partial charge in [-0.05, 0) is 56.5 Å². The minimum Gasteiger partial charge on any atom is -0.474 e. The molecule has 0 amide bonds. The zero-order valence-corrected chi connectivity index (χ0v) is 13.2. The maximum absolute atomic E-state index is 5.70. The lowest BCUT2D eigenvalue weighted by atomic mass is 10.00. The molecule has 2 aromatic rings. The van der Waals surface area contributed by atoms with E-state index >= 15 is 0 Å². The standard InChI is InChI=1S/C18H22N2O/c1-12-8-13(2)16(14(3)9-12)10-20-7-5-6-17(20)18-19-15(4)11-21-18/h5-9,15H,10-11H2,1-4H3. The molecule has 2 heterocycles. The second-order valence-electron chi connectivity index (χ2n) is 5.99. The first kappa shape index (κ1) is 13.9. The topological polar surface area (TPSA) is 26.5 Å². The smallest absolute Gasteiger partial charge is 0.233 e. The molecule has 1 atom stereocenters. The van der Waals surface area contributed by atoms with E-state index in [2.05, 4.69) is 67.7 Å². The molecule has 0 radical (unpaired) electrons. The fourth-order valence-corrected chi connectivity index (χ4v) is 2.99. The number of benzene rings is 1.